The van der Waals surface area contributed by atoms with E-state index in [-0.39, 0.29) is 5.82 Å². The molecule has 3 heteroatoms. The van der Waals surface area contributed by atoms with Crippen LogP contribution in [0.4, 0.5) is 4.39 Å². The van der Waals surface area contributed by atoms with E-state index < -0.39 is 0 Å². The van der Waals surface area contributed by atoms with Crippen LogP contribution in [0.2, 0.25) is 0 Å². The fourth-order valence-corrected chi connectivity index (χ4v) is 2.46. The Bertz CT molecular complexity index is 412. The quantitative estimate of drug-likeness (QED) is 0.818. The summed E-state index contributed by atoms with van der Waals surface area (Å²) >= 11 is 3.25. The first-order valence-corrected chi connectivity index (χ1v) is 7.64. The van der Waals surface area contributed by atoms with Gasteiger partial charge in [0.25, 0.3) is 0 Å². The molecule has 0 aliphatic carbocycles. The summed E-state index contributed by atoms with van der Waals surface area (Å²) in [4.78, 5) is 0. The van der Waals surface area contributed by atoms with Gasteiger partial charge >= 0.3 is 0 Å². The summed E-state index contributed by atoms with van der Waals surface area (Å²) in [7, 11) is 2.00. The van der Waals surface area contributed by atoms with Crippen LogP contribution >= 0.6 is 15.9 Å². The molecule has 0 saturated heterocycles. The molecule has 0 bridgehead atoms. The predicted octanol–water partition coefficient (Wildman–Crippen LogP) is 4.79. The lowest BCUT2D eigenvalue weighted by Gasteiger charge is -2.30. The van der Waals surface area contributed by atoms with Crippen molar-refractivity contribution in [2.24, 2.45) is 11.3 Å². The monoisotopic (exact) mass is 329 g/mol. The molecule has 0 radical (unpaired) electrons. The number of likely N-dealkylation sites (N-methyl/N-ethyl adjacent to an activating group) is 1. The second-order valence-corrected chi connectivity index (χ2v) is 7.30. The molecule has 1 N–H and O–H groups in total. The van der Waals surface area contributed by atoms with Gasteiger partial charge in [-0.2, -0.15) is 0 Å². The Kier molecular flexibility index (Phi) is 6.00. The van der Waals surface area contributed by atoms with Gasteiger partial charge in [-0.1, -0.05) is 33.8 Å². The Morgan fingerprint density at radius 1 is 1.32 bits per heavy atom. The molecule has 0 aromatic heterocycles. The molecular weight excluding hydrogens is 305 g/mol. The van der Waals surface area contributed by atoms with Crippen molar-refractivity contribution in [1.29, 1.82) is 0 Å². The molecule has 0 aliphatic rings. The predicted molar refractivity (Wildman–Crippen MR) is 83.9 cm³/mol. The first kappa shape index (κ1) is 16.6. The van der Waals surface area contributed by atoms with Gasteiger partial charge in [0, 0.05) is 6.04 Å². The van der Waals surface area contributed by atoms with Crippen LogP contribution in [0.3, 0.4) is 0 Å². The van der Waals surface area contributed by atoms with E-state index in [1.54, 1.807) is 0 Å². The maximum atomic E-state index is 13.2. The lowest BCUT2D eigenvalue weighted by Crippen LogP contribution is -2.33. The minimum atomic E-state index is -0.201. The number of rotatable bonds is 5. The van der Waals surface area contributed by atoms with Gasteiger partial charge < -0.3 is 5.32 Å². The average molecular weight is 330 g/mol. The molecule has 0 amide bonds. The van der Waals surface area contributed by atoms with E-state index in [9.17, 15) is 4.39 Å². The molecule has 1 nitrogen and oxygen atoms in total. The zero-order chi connectivity index (χ0) is 14.6. The summed E-state index contributed by atoms with van der Waals surface area (Å²) in [6.07, 6.45) is 2.05. The number of benzene rings is 1. The van der Waals surface area contributed by atoms with Gasteiger partial charge in [0.05, 0.1) is 4.47 Å². The summed E-state index contributed by atoms with van der Waals surface area (Å²) in [5, 5.41) is 3.38. The maximum Gasteiger partial charge on any atom is 0.137 e. The number of hydrogen-bond donors (Lipinski definition) is 1. The van der Waals surface area contributed by atoms with Gasteiger partial charge in [0.2, 0.25) is 0 Å². The molecule has 0 spiro atoms. The lowest BCUT2D eigenvalue weighted by molar-refractivity contribution is 0.225. The molecule has 2 unspecified atom stereocenters. The highest BCUT2D eigenvalue weighted by Gasteiger charge is 2.23. The third-order valence-electron chi connectivity index (χ3n) is 3.99. The van der Waals surface area contributed by atoms with Crippen LogP contribution in [0.25, 0.3) is 0 Å². The summed E-state index contributed by atoms with van der Waals surface area (Å²) in [6.45, 7) is 9.13. The van der Waals surface area contributed by atoms with Crippen molar-refractivity contribution in [1.82, 2.24) is 5.32 Å². The molecule has 0 aliphatic heterocycles. The highest BCUT2D eigenvalue weighted by molar-refractivity contribution is 9.10. The maximum absolute atomic E-state index is 13.2. The first-order chi connectivity index (χ1) is 8.74. The van der Waals surface area contributed by atoms with E-state index in [1.165, 1.54) is 6.07 Å². The van der Waals surface area contributed by atoms with Crippen LogP contribution in [0.5, 0.6) is 0 Å². The molecule has 1 rings (SSSR count). The highest BCUT2D eigenvalue weighted by Crippen LogP contribution is 2.30. The third-order valence-corrected chi connectivity index (χ3v) is 4.60. The summed E-state index contributed by atoms with van der Waals surface area (Å²) < 4.78 is 13.8. The number of hydrogen-bond acceptors (Lipinski definition) is 1. The van der Waals surface area contributed by atoms with Crippen molar-refractivity contribution in [3.8, 4) is 0 Å². The molecule has 19 heavy (non-hydrogen) atoms. The van der Waals surface area contributed by atoms with Crippen LogP contribution in [-0.2, 0) is 6.42 Å². The van der Waals surface area contributed by atoms with E-state index in [4.69, 9.17) is 0 Å². The van der Waals surface area contributed by atoms with Gasteiger partial charge in [0.15, 0.2) is 0 Å². The zero-order valence-electron chi connectivity index (χ0n) is 12.6. The van der Waals surface area contributed by atoms with Gasteiger partial charge in [-0.05, 0) is 64.8 Å². The second-order valence-electron chi connectivity index (χ2n) is 6.44. The lowest BCUT2D eigenvalue weighted by atomic mass is 9.78. The molecule has 2 atom stereocenters. The molecular formula is C16H25BrFN. The minimum Gasteiger partial charge on any atom is -0.317 e. The molecule has 1 aromatic carbocycles. The van der Waals surface area contributed by atoms with Crippen molar-refractivity contribution >= 4 is 15.9 Å². The van der Waals surface area contributed by atoms with Gasteiger partial charge in [-0.25, -0.2) is 4.39 Å². The molecule has 0 fully saturated rings. The Morgan fingerprint density at radius 3 is 2.42 bits per heavy atom. The van der Waals surface area contributed by atoms with Crippen molar-refractivity contribution in [2.75, 3.05) is 7.05 Å². The molecule has 1 aromatic rings. The largest absolute Gasteiger partial charge is 0.317 e. The normalized spacial score (nSPS) is 15.3. The average Bonchev–Trinajstić information content (AvgIpc) is 2.31. The summed E-state index contributed by atoms with van der Waals surface area (Å²) in [5.74, 6) is 0.432. The van der Waals surface area contributed by atoms with E-state index in [1.807, 2.05) is 19.2 Å². The Morgan fingerprint density at radius 2 is 1.95 bits per heavy atom. The zero-order valence-corrected chi connectivity index (χ0v) is 14.1. The van der Waals surface area contributed by atoms with Crippen molar-refractivity contribution < 1.29 is 4.39 Å². The Balaban J connectivity index is 2.69. The van der Waals surface area contributed by atoms with E-state index in [0.717, 1.165) is 18.4 Å². The van der Waals surface area contributed by atoms with Crippen LogP contribution in [0, 0.1) is 17.2 Å². The molecule has 108 valence electrons. The van der Waals surface area contributed by atoms with Crippen molar-refractivity contribution in [2.45, 2.75) is 46.6 Å². The van der Waals surface area contributed by atoms with Gasteiger partial charge in [0.1, 0.15) is 5.82 Å². The minimum absolute atomic E-state index is 0.201. The van der Waals surface area contributed by atoms with Crippen molar-refractivity contribution in [3.05, 3.63) is 34.1 Å². The van der Waals surface area contributed by atoms with Gasteiger partial charge in [-0.15, -0.1) is 0 Å². The molecule has 0 saturated carbocycles. The Labute approximate surface area is 125 Å². The van der Waals surface area contributed by atoms with E-state index >= 15 is 0 Å². The van der Waals surface area contributed by atoms with Crippen molar-refractivity contribution in [3.63, 3.8) is 0 Å². The first-order valence-electron chi connectivity index (χ1n) is 6.85. The van der Waals surface area contributed by atoms with Crippen LogP contribution in [0.1, 0.15) is 39.7 Å². The van der Waals surface area contributed by atoms with Crippen LogP contribution in [0.15, 0.2) is 22.7 Å². The Hall–Kier alpha value is -0.410. The van der Waals surface area contributed by atoms with Crippen LogP contribution in [-0.4, -0.2) is 13.1 Å². The van der Waals surface area contributed by atoms with E-state index in [2.05, 4.69) is 48.9 Å². The summed E-state index contributed by atoms with van der Waals surface area (Å²) in [6, 6.07) is 5.69. The number of nitrogens with one attached hydrogen (secondary N) is 1. The standard InChI is InChI=1S/C16H25BrFN/c1-11(16(2,3)4)8-13(19-5)9-12-6-7-15(18)14(17)10-12/h6-7,10-11,13,19H,8-9H2,1-5H3. The summed E-state index contributed by atoms with van der Waals surface area (Å²) in [5.41, 5.74) is 1.48. The van der Waals surface area contributed by atoms with Gasteiger partial charge in [-0.3, -0.25) is 0 Å². The van der Waals surface area contributed by atoms with E-state index in [0.29, 0.717) is 21.8 Å². The van der Waals surface area contributed by atoms with Crippen LogP contribution < -0.4 is 5.32 Å². The SMILES string of the molecule is CNC(Cc1ccc(F)c(Br)c1)CC(C)C(C)(C)C. The molecule has 0 heterocycles. The number of halogens is 2. The third kappa shape index (κ3) is 5.23. The fourth-order valence-electron chi connectivity index (χ4n) is 2.03. The fraction of sp³-hybridized carbons (Fsp3) is 0.625. The second kappa shape index (κ2) is 6.85. The topological polar surface area (TPSA) is 12.0 Å². The smallest absolute Gasteiger partial charge is 0.137 e. The highest BCUT2D eigenvalue weighted by atomic mass is 79.9.